The highest BCUT2D eigenvalue weighted by Gasteiger charge is 2.58. The topological polar surface area (TPSA) is 67.6 Å². The van der Waals surface area contributed by atoms with E-state index in [1.807, 2.05) is 0 Å². The first-order chi connectivity index (χ1) is 14.3. The number of carbonyl (C=O) groups is 1. The molecule has 0 aromatic heterocycles. The van der Waals surface area contributed by atoms with Crippen molar-refractivity contribution in [1.82, 2.24) is 10.4 Å². The van der Waals surface area contributed by atoms with E-state index in [9.17, 15) is 22.4 Å². The zero-order valence-corrected chi connectivity index (χ0v) is 16.6. The number of halogens is 4. The number of hydrazine groups is 1. The highest BCUT2D eigenvalue weighted by Crippen LogP contribution is 2.61. The molecule has 3 atom stereocenters. The fourth-order valence-electron chi connectivity index (χ4n) is 3.93. The van der Waals surface area contributed by atoms with E-state index in [2.05, 4.69) is 5.43 Å². The predicted molar refractivity (Wildman–Crippen MR) is 104 cm³/mol. The first kappa shape index (κ1) is 21.0. The molecular formula is C19H17BF4N3O2S. The molecule has 2 aromatic rings. The SMILES string of the molecule is CC(=O)N1NC(c2cc(F)ccc2F)S[C@@]12c1cc(F)cc(F)c1OC[C@@H]2[B]CN. The molecule has 4 rings (SSSR count). The van der Waals surface area contributed by atoms with E-state index in [1.54, 1.807) is 7.28 Å². The number of fused-ring (bicyclic) bond motifs is 2. The Morgan fingerprint density at radius 1 is 1.27 bits per heavy atom. The van der Waals surface area contributed by atoms with Crippen molar-refractivity contribution in [2.75, 3.05) is 13.1 Å². The Labute approximate surface area is 175 Å². The summed E-state index contributed by atoms with van der Waals surface area (Å²) < 4.78 is 62.5. The third kappa shape index (κ3) is 3.25. The zero-order chi connectivity index (χ0) is 21.6. The molecule has 1 saturated heterocycles. The summed E-state index contributed by atoms with van der Waals surface area (Å²) in [7, 11) is 1.67. The molecule has 5 nitrogen and oxygen atoms in total. The molecular weight excluding hydrogens is 421 g/mol. The highest BCUT2D eigenvalue weighted by molar-refractivity contribution is 8.00. The van der Waals surface area contributed by atoms with Gasteiger partial charge >= 0.3 is 0 Å². The van der Waals surface area contributed by atoms with E-state index in [0.717, 1.165) is 36.0 Å². The second-order valence-corrected chi connectivity index (χ2v) is 8.33. The number of nitrogens with one attached hydrogen (secondary N) is 1. The number of nitrogens with zero attached hydrogens (tertiary/aromatic N) is 1. The van der Waals surface area contributed by atoms with Crippen LogP contribution in [0.1, 0.15) is 23.4 Å². The maximum absolute atomic E-state index is 14.5. The normalized spacial score (nSPS) is 25.2. The van der Waals surface area contributed by atoms with Crippen LogP contribution in [0.3, 0.4) is 0 Å². The van der Waals surface area contributed by atoms with E-state index < -0.39 is 45.2 Å². The fraction of sp³-hybridized carbons (Fsp3) is 0.316. The minimum atomic E-state index is -1.38. The van der Waals surface area contributed by atoms with Crippen molar-refractivity contribution in [2.45, 2.75) is 23.0 Å². The van der Waals surface area contributed by atoms with Gasteiger partial charge in [-0.2, -0.15) is 0 Å². The molecule has 1 fully saturated rings. The number of nitrogens with two attached hydrogens (primary N) is 1. The van der Waals surface area contributed by atoms with Crippen molar-refractivity contribution in [3.05, 3.63) is 64.7 Å². The van der Waals surface area contributed by atoms with Gasteiger partial charge in [0.25, 0.3) is 0 Å². The van der Waals surface area contributed by atoms with Crippen LogP contribution in [0, 0.1) is 23.3 Å². The number of carbonyl (C=O) groups excluding carboxylic acids is 1. The molecule has 157 valence electrons. The number of hydrogen-bond donors (Lipinski definition) is 2. The Balaban J connectivity index is 1.92. The molecule has 1 amide bonds. The first-order valence-electron chi connectivity index (χ1n) is 9.13. The van der Waals surface area contributed by atoms with Gasteiger partial charge in [-0.3, -0.25) is 9.80 Å². The van der Waals surface area contributed by atoms with E-state index in [-0.39, 0.29) is 29.9 Å². The summed E-state index contributed by atoms with van der Waals surface area (Å²) in [4.78, 5) is 11.2. The summed E-state index contributed by atoms with van der Waals surface area (Å²) in [6, 6.07) is 4.76. The second-order valence-electron chi connectivity index (χ2n) is 7.00. The van der Waals surface area contributed by atoms with Crippen LogP contribution in [0.25, 0.3) is 0 Å². The second kappa shape index (κ2) is 7.79. The Kier molecular flexibility index (Phi) is 5.46. The Hall–Kier alpha value is -2.24. The molecule has 11 heteroatoms. The van der Waals surface area contributed by atoms with Crippen LogP contribution in [-0.2, 0) is 9.67 Å². The van der Waals surface area contributed by atoms with E-state index in [1.165, 1.54) is 11.9 Å². The lowest BCUT2D eigenvalue weighted by atomic mass is 9.59. The zero-order valence-electron chi connectivity index (χ0n) is 15.8. The number of benzene rings is 2. The molecule has 2 heterocycles. The van der Waals surface area contributed by atoms with Crippen molar-refractivity contribution in [3.63, 3.8) is 0 Å². The van der Waals surface area contributed by atoms with Gasteiger partial charge < -0.3 is 10.5 Å². The monoisotopic (exact) mass is 438 g/mol. The summed E-state index contributed by atoms with van der Waals surface area (Å²) >= 11 is 1.04. The molecule has 0 bridgehead atoms. The maximum Gasteiger partial charge on any atom is 0.235 e. The molecule has 0 saturated carbocycles. The van der Waals surface area contributed by atoms with Gasteiger partial charge in [-0.25, -0.2) is 23.0 Å². The van der Waals surface area contributed by atoms with Gasteiger partial charge in [-0.1, -0.05) is 0 Å². The van der Waals surface area contributed by atoms with Crippen molar-refractivity contribution >= 4 is 24.9 Å². The lowest BCUT2D eigenvalue weighted by molar-refractivity contribution is -0.136. The van der Waals surface area contributed by atoms with Crippen LogP contribution in [0.2, 0.25) is 5.82 Å². The van der Waals surface area contributed by atoms with Crippen LogP contribution in [0.5, 0.6) is 5.75 Å². The van der Waals surface area contributed by atoms with Crippen molar-refractivity contribution in [1.29, 1.82) is 0 Å². The van der Waals surface area contributed by atoms with Gasteiger partial charge in [0.15, 0.2) is 11.6 Å². The lowest BCUT2D eigenvalue weighted by Crippen LogP contribution is -2.54. The molecule has 2 aromatic carbocycles. The summed E-state index contributed by atoms with van der Waals surface area (Å²) in [6.45, 7) is 1.23. The minimum absolute atomic E-state index is 0.0282. The third-order valence-corrected chi connectivity index (χ3v) is 6.82. The fourth-order valence-corrected chi connectivity index (χ4v) is 5.66. The molecule has 1 spiro atoms. The summed E-state index contributed by atoms with van der Waals surface area (Å²) in [5.74, 6) is -4.36. The smallest absolute Gasteiger partial charge is 0.235 e. The van der Waals surface area contributed by atoms with Gasteiger partial charge in [0, 0.05) is 29.9 Å². The van der Waals surface area contributed by atoms with E-state index in [0.29, 0.717) is 6.07 Å². The number of ether oxygens (including phenoxy) is 1. The van der Waals surface area contributed by atoms with E-state index in [4.69, 9.17) is 10.5 Å². The number of hydrogen-bond acceptors (Lipinski definition) is 5. The number of thioether (sulfide) groups is 1. The van der Waals surface area contributed by atoms with Crippen molar-refractivity contribution < 1.29 is 27.1 Å². The standard InChI is InChI=1S/C19H17BF4N3O2S/c1-9(28)27-19(30-18(26-27)12-4-10(21)2-3-14(12)23)13-5-11(22)6-15(24)17(13)29-7-16(19)20-8-25/h2-6,16,18,26H,7-8,25H2,1H3/t16-,18?,19+/m0/s1. The molecule has 2 aliphatic rings. The minimum Gasteiger partial charge on any atom is -0.490 e. The van der Waals surface area contributed by atoms with Gasteiger partial charge in [-0.05, 0) is 30.7 Å². The molecule has 2 aliphatic heterocycles. The number of rotatable bonds is 3. The Morgan fingerprint density at radius 2 is 2.03 bits per heavy atom. The Morgan fingerprint density at radius 3 is 2.73 bits per heavy atom. The van der Waals surface area contributed by atoms with Crippen LogP contribution in [0.15, 0.2) is 30.3 Å². The van der Waals surface area contributed by atoms with Gasteiger partial charge in [-0.15, -0.1) is 11.8 Å². The molecule has 1 unspecified atom stereocenters. The van der Waals surface area contributed by atoms with E-state index >= 15 is 0 Å². The molecule has 3 N–H and O–H groups in total. The number of amides is 1. The third-order valence-electron chi connectivity index (χ3n) is 5.16. The van der Waals surface area contributed by atoms with Gasteiger partial charge in [0.1, 0.15) is 35.0 Å². The largest absolute Gasteiger partial charge is 0.490 e. The molecule has 0 aliphatic carbocycles. The lowest BCUT2D eigenvalue weighted by Gasteiger charge is -2.46. The summed E-state index contributed by atoms with van der Waals surface area (Å²) in [5, 5.41) is 0.291. The van der Waals surface area contributed by atoms with Crippen LogP contribution in [-0.4, -0.2) is 31.2 Å². The first-order valence-corrected chi connectivity index (χ1v) is 10.0. The molecule has 30 heavy (non-hydrogen) atoms. The van der Waals surface area contributed by atoms with Crippen LogP contribution in [0.4, 0.5) is 17.6 Å². The average Bonchev–Trinajstić information content (AvgIpc) is 3.08. The summed E-state index contributed by atoms with van der Waals surface area (Å²) in [5.41, 5.74) is 8.63. The molecule has 1 radical (unpaired) electrons. The summed E-state index contributed by atoms with van der Waals surface area (Å²) in [6.07, 6.45) is 0.105. The Bertz CT molecular complexity index is 1010. The quantitative estimate of drug-likeness (QED) is 0.570. The highest BCUT2D eigenvalue weighted by atomic mass is 32.2. The van der Waals surface area contributed by atoms with Gasteiger partial charge in [0.05, 0.1) is 6.61 Å². The van der Waals surface area contributed by atoms with Crippen LogP contribution >= 0.6 is 11.8 Å². The predicted octanol–water partition coefficient (Wildman–Crippen LogP) is 3.00. The van der Waals surface area contributed by atoms with Crippen molar-refractivity contribution in [2.24, 2.45) is 5.73 Å². The average molecular weight is 438 g/mol. The van der Waals surface area contributed by atoms with Gasteiger partial charge in [0.2, 0.25) is 5.91 Å². The maximum atomic E-state index is 14.5. The van der Waals surface area contributed by atoms with Crippen LogP contribution < -0.4 is 15.9 Å². The van der Waals surface area contributed by atoms with Crippen molar-refractivity contribution in [3.8, 4) is 5.75 Å².